The Labute approximate surface area is 205 Å². The third-order valence-corrected chi connectivity index (χ3v) is 7.53. The van der Waals surface area contributed by atoms with E-state index in [4.69, 9.17) is 10.1 Å². The molecule has 0 bridgehead atoms. The number of benzene rings is 1. The van der Waals surface area contributed by atoms with Crippen molar-refractivity contribution in [1.82, 2.24) is 14.9 Å². The molecule has 5 N–H and O–H groups in total. The zero-order valence-electron chi connectivity index (χ0n) is 17.9. The highest BCUT2D eigenvalue weighted by molar-refractivity contribution is 8.00. The largest absolute Gasteiger partial charge is 0.477 e. The minimum absolute atomic E-state index is 0.126. The molecule has 14 heteroatoms. The van der Waals surface area contributed by atoms with Gasteiger partial charge in [0.15, 0.2) is 6.10 Å². The molecule has 1 aromatic carbocycles. The molecule has 0 spiro atoms. The van der Waals surface area contributed by atoms with Gasteiger partial charge in [0.05, 0.1) is 12.1 Å². The van der Waals surface area contributed by atoms with Crippen LogP contribution in [0.3, 0.4) is 0 Å². The Balaban J connectivity index is 1.41. The van der Waals surface area contributed by atoms with Crippen molar-refractivity contribution in [1.29, 1.82) is 5.41 Å². The summed E-state index contributed by atoms with van der Waals surface area (Å²) in [7, 11) is 0. The summed E-state index contributed by atoms with van der Waals surface area (Å²) in [5.74, 6) is -3.42. The highest BCUT2D eigenvalue weighted by Gasteiger charge is 2.54. The highest BCUT2D eigenvalue weighted by atomic mass is 32.2. The standard InChI is InChI=1S/C21H20N4O8S2/c22-21-25(32)12(9-35-21)6-13(26)23-14-17(28)24-15(19(29)30)11(8-34-18(14)24)7-33-20(31)16(27)10-4-2-1-3-5-10/h1-5,9,14,16,18,22,27,32H,6-8H2,(H,23,26)(H,29,30)/t14?,16?,18-/m1/s1. The number of carboxylic acids is 1. The van der Waals surface area contributed by atoms with Crippen molar-refractivity contribution in [2.75, 3.05) is 12.4 Å². The molecule has 35 heavy (non-hydrogen) atoms. The number of thioether (sulfide) groups is 1. The number of aromatic nitrogens is 1. The molecule has 0 radical (unpaired) electrons. The van der Waals surface area contributed by atoms with Crippen LogP contribution in [-0.4, -0.2) is 72.6 Å². The van der Waals surface area contributed by atoms with Crippen molar-refractivity contribution in [3.8, 4) is 0 Å². The number of esters is 1. The van der Waals surface area contributed by atoms with Crippen molar-refractivity contribution in [2.45, 2.75) is 23.9 Å². The maximum absolute atomic E-state index is 12.7. The van der Waals surface area contributed by atoms with Gasteiger partial charge in [-0.1, -0.05) is 30.3 Å². The van der Waals surface area contributed by atoms with Gasteiger partial charge in [0.1, 0.15) is 23.7 Å². The van der Waals surface area contributed by atoms with Gasteiger partial charge in [-0.3, -0.25) is 19.9 Å². The van der Waals surface area contributed by atoms with E-state index in [1.165, 1.54) is 17.1 Å². The number of carbonyl (C=O) groups excluding carboxylic acids is 3. The van der Waals surface area contributed by atoms with E-state index in [0.717, 1.165) is 16.2 Å². The summed E-state index contributed by atoms with van der Waals surface area (Å²) in [6, 6.07) is 7.15. The summed E-state index contributed by atoms with van der Waals surface area (Å²) >= 11 is 2.14. The molecular weight excluding hydrogens is 500 g/mol. The summed E-state index contributed by atoms with van der Waals surface area (Å²) in [4.78, 5) is 50.1. The molecule has 184 valence electrons. The average Bonchev–Trinajstić information content (AvgIpc) is 3.17. The maximum atomic E-state index is 12.7. The monoisotopic (exact) mass is 520 g/mol. The van der Waals surface area contributed by atoms with Gasteiger partial charge in [-0.05, 0) is 5.56 Å². The normalized spacial score (nSPS) is 20.0. The van der Waals surface area contributed by atoms with Crippen LogP contribution in [0.25, 0.3) is 0 Å². The highest BCUT2D eigenvalue weighted by Crippen LogP contribution is 2.40. The number of nitrogens with one attached hydrogen (secondary N) is 2. The van der Waals surface area contributed by atoms with Crippen LogP contribution in [0.4, 0.5) is 0 Å². The molecule has 3 heterocycles. The van der Waals surface area contributed by atoms with Gasteiger partial charge in [0.2, 0.25) is 10.7 Å². The van der Waals surface area contributed by atoms with Crippen LogP contribution in [-0.2, 0) is 30.3 Å². The van der Waals surface area contributed by atoms with E-state index >= 15 is 0 Å². The second-order valence-electron chi connectivity index (χ2n) is 7.65. The lowest BCUT2D eigenvalue weighted by molar-refractivity contribution is -0.153. The summed E-state index contributed by atoms with van der Waals surface area (Å²) in [5.41, 5.74) is 0.377. The minimum Gasteiger partial charge on any atom is -0.477 e. The number of thiazole rings is 1. The second kappa shape index (κ2) is 9.93. The fourth-order valence-corrected chi connectivity index (χ4v) is 5.64. The van der Waals surface area contributed by atoms with Crippen LogP contribution in [0.1, 0.15) is 17.4 Å². The van der Waals surface area contributed by atoms with Gasteiger partial charge < -0.3 is 25.5 Å². The van der Waals surface area contributed by atoms with Crippen molar-refractivity contribution >= 4 is 46.9 Å². The minimum atomic E-state index is -1.54. The Morgan fingerprint density at radius 1 is 1.26 bits per heavy atom. The zero-order valence-corrected chi connectivity index (χ0v) is 19.5. The molecule has 0 aliphatic carbocycles. The number of carbonyl (C=O) groups is 4. The van der Waals surface area contributed by atoms with Crippen molar-refractivity contribution in [2.24, 2.45) is 0 Å². The lowest BCUT2D eigenvalue weighted by Crippen LogP contribution is -2.70. The van der Waals surface area contributed by atoms with E-state index < -0.39 is 47.9 Å². The van der Waals surface area contributed by atoms with Crippen molar-refractivity contribution < 1.29 is 39.3 Å². The molecular formula is C21H20N4O8S2. The van der Waals surface area contributed by atoms with Crippen LogP contribution >= 0.6 is 23.1 Å². The number of hydrogen-bond acceptors (Lipinski definition) is 10. The number of nitrogens with zero attached hydrogens (tertiary/aromatic N) is 2. The maximum Gasteiger partial charge on any atom is 0.352 e. The molecule has 2 aromatic rings. The second-order valence-corrected chi connectivity index (χ2v) is 9.62. The first kappa shape index (κ1) is 24.5. The Morgan fingerprint density at radius 2 is 1.97 bits per heavy atom. The van der Waals surface area contributed by atoms with E-state index in [0.29, 0.717) is 10.3 Å². The number of aliphatic hydroxyl groups excluding tert-OH is 1. The van der Waals surface area contributed by atoms with Crippen LogP contribution in [0.5, 0.6) is 0 Å². The number of amides is 2. The molecule has 4 rings (SSSR count). The molecule has 2 aliphatic heterocycles. The lowest BCUT2D eigenvalue weighted by Gasteiger charge is -2.49. The Kier molecular flexibility index (Phi) is 6.95. The first-order chi connectivity index (χ1) is 16.7. The van der Waals surface area contributed by atoms with E-state index in [9.17, 15) is 34.6 Å². The molecule has 2 amide bonds. The fourth-order valence-electron chi connectivity index (χ4n) is 3.66. The number of fused-ring (bicyclic) bond motifs is 1. The summed E-state index contributed by atoms with van der Waals surface area (Å²) < 4.78 is 5.69. The van der Waals surface area contributed by atoms with Crippen molar-refractivity contribution in [3.63, 3.8) is 0 Å². The summed E-state index contributed by atoms with van der Waals surface area (Å²) in [5, 5.41) is 40.3. The number of β-lactam (4-membered cyclic amide) rings is 1. The Morgan fingerprint density at radius 3 is 2.60 bits per heavy atom. The smallest absolute Gasteiger partial charge is 0.352 e. The predicted molar refractivity (Wildman–Crippen MR) is 121 cm³/mol. The molecule has 3 atom stereocenters. The van der Waals surface area contributed by atoms with E-state index in [1.54, 1.807) is 30.3 Å². The number of carboxylic acid groups (broad SMARTS) is 1. The van der Waals surface area contributed by atoms with Crippen molar-refractivity contribution in [3.05, 3.63) is 63.0 Å². The SMILES string of the molecule is N=c1scc(CC(=O)NC2C(=O)N3C(C(=O)O)=C(COC(=O)C(O)c4ccccc4)CS[C@H]23)n1O. The topological polar surface area (TPSA) is 182 Å². The van der Waals surface area contributed by atoms with Crippen LogP contribution in [0, 0.1) is 5.41 Å². The molecule has 1 fully saturated rings. The van der Waals surface area contributed by atoms with Gasteiger partial charge in [-0.2, -0.15) is 4.73 Å². The van der Waals surface area contributed by atoms with Gasteiger partial charge in [-0.15, -0.1) is 23.1 Å². The average molecular weight is 521 g/mol. The number of aliphatic carboxylic acids is 1. The third kappa shape index (κ3) is 4.80. The van der Waals surface area contributed by atoms with Gasteiger partial charge in [0.25, 0.3) is 5.91 Å². The molecule has 12 nitrogen and oxygen atoms in total. The first-order valence-electron chi connectivity index (χ1n) is 10.2. The van der Waals surface area contributed by atoms with Gasteiger partial charge >= 0.3 is 11.9 Å². The predicted octanol–water partition coefficient (Wildman–Crippen LogP) is -0.176. The zero-order chi connectivity index (χ0) is 25.3. The van der Waals surface area contributed by atoms with Gasteiger partial charge in [0, 0.05) is 16.7 Å². The number of aliphatic hydroxyl groups is 1. The molecule has 2 aliphatic rings. The molecule has 1 aromatic heterocycles. The van der Waals surface area contributed by atoms with Crippen LogP contribution in [0.2, 0.25) is 0 Å². The van der Waals surface area contributed by atoms with E-state index in [2.05, 4.69) is 5.32 Å². The molecule has 1 saturated heterocycles. The van der Waals surface area contributed by atoms with E-state index in [-0.39, 0.29) is 33.9 Å². The number of ether oxygens (including phenoxy) is 1. The Bertz CT molecular complexity index is 1270. The molecule has 2 unspecified atom stereocenters. The quantitative estimate of drug-likeness (QED) is 0.179. The fraction of sp³-hybridized carbons (Fsp3) is 0.286. The number of hydrogen-bond donors (Lipinski definition) is 5. The lowest BCUT2D eigenvalue weighted by atomic mass is 10.0. The third-order valence-electron chi connectivity index (χ3n) is 5.41. The van der Waals surface area contributed by atoms with Gasteiger partial charge in [-0.25, -0.2) is 9.59 Å². The van der Waals surface area contributed by atoms with Crippen LogP contribution in [0.15, 0.2) is 47.0 Å². The summed E-state index contributed by atoms with van der Waals surface area (Å²) in [6.07, 6.45) is -1.80. The summed E-state index contributed by atoms with van der Waals surface area (Å²) in [6.45, 7) is -0.422. The molecule has 0 saturated carbocycles. The first-order valence-corrected chi connectivity index (χ1v) is 12.1. The number of rotatable bonds is 8. The van der Waals surface area contributed by atoms with Crippen LogP contribution < -0.4 is 10.1 Å². The Hall–Kier alpha value is -3.62. The van der Waals surface area contributed by atoms with E-state index in [1.807, 2.05) is 0 Å².